The largest absolute Gasteiger partial charge is 0.467 e. The van der Waals surface area contributed by atoms with Gasteiger partial charge in [0.05, 0.1) is 30.3 Å². The number of thioether (sulfide) groups is 1. The molecule has 0 N–H and O–H groups in total. The summed E-state index contributed by atoms with van der Waals surface area (Å²) in [6.07, 6.45) is 2.18. The molecule has 6 nitrogen and oxygen atoms in total. The molecule has 3 aromatic rings. The maximum absolute atomic E-state index is 12.9. The molecular weight excluding hydrogens is 328 g/mol. The molecule has 1 unspecified atom stereocenters. The number of hydrogen-bond donors (Lipinski definition) is 0. The van der Waals surface area contributed by atoms with Crippen LogP contribution in [0.4, 0.5) is 0 Å². The Balaban J connectivity index is 1.82. The first-order chi connectivity index (χ1) is 11.7. The highest BCUT2D eigenvalue weighted by Gasteiger charge is 2.29. The first kappa shape index (κ1) is 15.0. The zero-order valence-corrected chi connectivity index (χ0v) is 13.5. The highest BCUT2D eigenvalue weighted by Crippen LogP contribution is 2.29. The molecule has 0 saturated carbocycles. The predicted octanol–water partition coefficient (Wildman–Crippen LogP) is 2.45. The van der Waals surface area contributed by atoms with Gasteiger partial charge in [0.1, 0.15) is 11.0 Å². The number of carbonyl (C=O) groups excluding carboxylic acids is 1. The molecule has 2 aromatic heterocycles. The van der Waals surface area contributed by atoms with E-state index in [0.29, 0.717) is 34.8 Å². The molecule has 24 heavy (non-hydrogen) atoms. The van der Waals surface area contributed by atoms with Crippen LogP contribution in [0.15, 0.2) is 57.0 Å². The van der Waals surface area contributed by atoms with Crippen molar-refractivity contribution in [2.24, 2.45) is 0 Å². The van der Waals surface area contributed by atoms with Gasteiger partial charge in [-0.1, -0.05) is 23.9 Å². The van der Waals surface area contributed by atoms with Crippen LogP contribution in [0, 0.1) is 0 Å². The molecule has 1 aromatic carbocycles. The number of cyclic esters (lactones) is 1. The molecular formula is C17H14N2O4S. The normalized spacial score (nSPS) is 17.3. The number of para-hydroxylation sites is 1. The number of esters is 1. The van der Waals surface area contributed by atoms with Crippen molar-refractivity contribution in [1.82, 2.24) is 9.55 Å². The number of aromatic nitrogens is 2. The Morgan fingerprint density at radius 1 is 1.21 bits per heavy atom. The number of ether oxygens (including phenoxy) is 1. The van der Waals surface area contributed by atoms with E-state index in [1.165, 1.54) is 11.8 Å². The van der Waals surface area contributed by atoms with Gasteiger partial charge in [-0.2, -0.15) is 0 Å². The average Bonchev–Trinajstić information content (AvgIpc) is 3.23. The number of fused-ring (bicyclic) bond motifs is 1. The van der Waals surface area contributed by atoms with Crippen LogP contribution >= 0.6 is 11.8 Å². The van der Waals surface area contributed by atoms with Crippen molar-refractivity contribution in [2.45, 2.75) is 23.4 Å². The van der Waals surface area contributed by atoms with Gasteiger partial charge in [0.25, 0.3) is 5.56 Å². The second-order valence-corrected chi connectivity index (χ2v) is 6.61. The van der Waals surface area contributed by atoms with Crippen molar-refractivity contribution in [3.05, 3.63) is 58.8 Å². The third-order valence-corrected chi connectivity index (χ3v) is 5.09. The summed E-state index contributed by atoms with van der Waals surface area (Å²) in [5, 5.41) is 0.710. The molecule has 1 atom stereocenters. The van der Waals surface area contributed by atoms with Crippen molar-refractivity contribution in [3.63, 3.8) is 0 Å². The van der Waals surface area contributed by atoms with E-state index >= 15 is 0 Å². The van der Waals surface area contributed by atoms with E-state index < -0.39 is 0 Å². The number of rotatable bonds is 4. The number of furan rings is 1. The lowest BCUT2D eigenvalue weighted by molar-refractivity contribution is -0.137. The zero-order valence-electron chi connectivity index (χ0n) is 12.7. The van der Waals surface area contributed by atoms with Gasteiger partial charge in [0.2, 0.25) is 0 Å². The third kappa shape index (κ3) is 2.71. The summed E-state index contributed by atoms with van der Waals surface area (Å²) in [5.74, 6) is 0.400. The molecule has 0 bridgehead atoms. The van der Waals surface area contributed by atoms with Gasteiger partial charge in [-0.25, -0.2) is 4.98 Å². The molecule has 7 heteroatoms. The van der Waals surface area contributed by atoms with Gasteiger partial charge in [-0.15, -0.1) is 0 Å². The van der Waals surface area contributed by atoms with Crippen LogP contribution in [0.5, 0.6) is 0 Å². The monoisotopic (exact) mass is 342 g/mol. The van der Waals surface area contributed by atoms with E-state index in [9.17, 15) is 9.59 Å². The predicted molar refractivity (Wildman–Crippen MR) is 89.0 cm³/mol. The van der Waals surface area contributed by atoms with Gasteiger partial charge >= 0.3 is 5.97 Å². The summed E-state index contributed by atoms with van der Waals surface area (Å²) in [6.45, 7) is 0.681. The molecule has 1 fully saturated rings. The standard InChI is InChI=1S/C17H14N2O4S/c20-15-12-5-1-2-6-13(12)18-17(24-14-7-9-23-16(14)21)19(15)10-11-4-3-8-22-11/h1-6,8,14H,7,9-10H2. The smallest absolute Gasteiger partial charge is 0.319 e. The molecule has 1 aliphatic rings. The Labute approximate surface area is 141 Å². The Bertz CT molecular complexity index is 949. The topological polar surface area (TPSA) is 74.3 Å². The fourth-order valence-corrected chi connectivity index (χ4v) is 3.71. The molecule has 1 saturated heterocycles. The van der Waals surface area contributed by atoms with Crippen molar-refractivity contribution in [3.8, 4) is 0 Å². The Hall–Kier alpha value is -2.54. The summed E-state index contributed by atoms with van der Waals surface area (Å²) >= 11 is 1.27. The van der Waals surface area contributed by atoms with Gasteiger partial charge < -0.3 is 9.15 Å². The second-order valence-electron chi connectivity index (χ2n) is 5.44. The van der Waals surface area contributed by atoms with E-state index in [1.807, 2.05) is 12.1 Å². The van der Waals surface area contributed by atoms with E-state index in [4.69, 9.17) is 9.15 Å². The van der Waals surface area contributed by atoms with Crippen LogP contribution in [-0.4, -0.2) is 27.4 Å². The van der Waals surface area contributed by atoms with Gasteiger partial charge in [-0.05, 0) is 24.3 Å². The zero-order chi connectivity index (χ0) is 16.5. The molecule has 122 valence electrons. The minimum atomic E-state index is -0.332. The summed E-state index contributed by atoms with van der Waals surface area (Å²) in [5.41, 5.74) is 0.470. The summed E-state index contributed by atoms with van der Waals surface area (Å²) in [6, 6.07) is 10.8. The minimum Gasteiger partial charge on any atom is -0.467 e. The fourth-order valence-electron chi connectivity index (χ4n) is 2.65. The van der Waals surface area contributed by atoms with Crippen LogP contribution in [0.3, 0.4) is 0 Å². The van der Waals surface area contributed by atoms with Crippen molar-refractivity contribution < 1.29 is 13.9 Å². The van der Waals surface area contributed by atoms with Gasteiger partial charge in [-0.3, -0.25) is 14.2 Å². The van der Waals surface area contributed by atoms with Crippen LogP contribution in [0.2, 0.25) is 0 Å². The maximum atomic E-state index is 12.9. The minimum absolute atomic E-state index is 0.147. The summed E-state index contributed by atoms with van der Waals surface area (Å²) < 4.78 is 11.9. The van der Waals surface area contributed by atoms with Crippen LogP contribution in [0.1, 0.15) is 12.2 Å². The Morgan fingerprint density at radius 3 is 2.83 bits per heavy atom. The van der Waals surface area contributed by atoms with E-state index in [1.54, 1.807) is 35.1 Å². The first-order valence-corrected chi connectivity index (χ1v) is 8.45. The lowest BCUT2D eigenvalue weighted by atomic mass is 10.2. The van der Waals surface area contributed by atoms with Gasteiger partial charge in [0, 0.05) is 6.42 Å². The number of hydrogen-bond acceptors (Lipinski definition) is 6. The number of nitrogens with zero attached hydrogens (tertiary/aromatic N) is 2. The van der Waals surface area contributed by atoms with Crippen molar-refractivity contribution >= 4 is 28.6 Å². The molecule has 0 radical (unpaired) electrons. The number of benzene rings is 1. The highest BCUT2D eigenvalue weighted by molar-refractivity contribution is 8.00. The van der Waals surface area contributed by atoms with Crippen LogP contribution in [-0.2, 0) is 16.1 Å². The molecule has 0 amide bonds. The Morgan fingerprint density at radius 2 is 2.08 bits per heavy atom. The SMILES string of the molecule is O=C1OCCC1Sc1nc2ccccc2c(=O)n1Cc1ccco1. The molecule has 0 spiro atoms. The quantitative estimate of drug-likeness (QED) is 0.535. The van der Waals surface area contributed by atoms with Gasteiger partial charge in [0.15, 0.2) is 5.16 Å². The highest BCUT2D eigenvalue weighted by atomic mass is 32.2. The number of carbonyl (C=O) groups is 1. The summed E-state index contributed by atoms with van der Waals surface area (Å²) in [7, 11) is 0. The summed E-state index contributed by atoms with van der Waals surface area (Å²) in [4.78, 5) is 29.3. The maximum Gasteiger partial charge on any atom is 0.319 e. The van der Waals surface area contributed by atoms with E-state index in [0.717, 1.165) is 0 Å². The van der Waals surface area contributed by atoms with Crippen LogP contribution < -0.4 is 5.56 Å². The second kappa shape index (κ2) is 6.16. The molecule has 4 rings (SSSR count). The van der Waals surface area contributed by atoms with Crippen molar-refractivity contribution in [2.75, 3.05) is 6.61 Å². The van der Waals surface area contributed by atoms with E-state index in [-0.39, 0.29) is 23.3 Å². The van der Waals surface area contributed by atoms with Crippen molar-refractivity contribution in [1.29, 1.82) is 0 Å². The fraction of sp³-hybridized carbons (Fsp3) is 0.235. The Kier molecular flexibility index (Phi) is 3.86. The van der Waals surface area contributed by atoms with E-state index in [2.05, 4.69) is 4.98 Å². The molecule has 3 heterocycles. The average molecular weight is 342 g/mol. The molecule has 0 aliphatic carbocycles. The lowest BCUT2D eigenvalue weighted by Gasteiger charge is -2.13. The van der Waals surface area contributed by atoms with Crippen LogP contribution in [0.25, 0.3) is 10.9 Å². The molecule has 1 aliphatic heterocycles. The lowest BCUT2D eigenvalue weighted by Crippen LogP contribution is -2.25. The third-order valence-electron chi connectivity index (χ3n) is 3.86. The first-order valence-electron chi connectivity index (χ1n) is 7.57.